The van der Waals surface area contributed by atoms with Gasteiger partial charge in [-0.2, -0.15) is 0 Å². The van der Waals surface area contributed by atoms with Crippen LogP contribution < -0.4 is 10.6 Å². The van der Waals surface area contributed by atoms with Gasteiger partial charge >= 0.3 is 6.03 Å². The molecule has 0 aromatic heterocycles. The molecule has 1 heterocycles. The Kier molecular flexibility index (Phi) is 4.44. The number of carbonyl (C=O) groups excluding carboxylic acids is 1. The molecule has 5 heteroatoms. The standard InChI is InChI=1S/C13H18ClN3O/c1-15-10-5-4-8-17(9-10)13(18)16-12-7-3-2-6-11(12)14/h2-3,6-7,10,15H,4-5,8-9H2,1H3,(H,16,18)/t10-/m0/s1. The van der Waals surface area contributed by atoms with Gasteiger partial charge in [-0.05, 0) is 32.0 Å². The average Bonchev–Trinajstić information content (AvgIpc) is 2.41. The van der Waals surface area contributed by atoms with E-state index in [2.05, 4.69) is 10.6 Å². The second kappa shape index (κ2) is 6.07. The molecule has 1 atom stereocenters. The van der Waals surface area contributed by atoms with Crippen molar-refractivity contribution in [3.05, 3.63) is 29.3 Å². The third-order valence-corrected chi connectivity index (χ3v) is 3.56. The van der Waals surface area contributed by atoms with Gasteiger partial charge in [0.25, 0.3) is 0 Å². The predicted molar refractivity (Wildman–Crippen MR) is 74.1 cm³/mol. The van der Waals surface area contributed by atoms with Crippen molar-refractivity contribution in [2.45, 2.75) is 18.9 Å². The third-order valence-electron chi connectivity index (χ3n) is 3.23. The van der Waals surface area contributed by atoms with Crippen LogP contribution in [-0.4, -0.2) is 37.1 Å². The van der Waals surface area contributed by atoms with Crippen molar-refractivity contribution in [2.75, 3.05) is 25.5 Å². The molecule has 1 aromatic carbocycles. The molecule has 0 radical (unpaired) electrons. The SMILES string of the molecule is CN[C@H]1CCCN(C(=O)Nc2ccccc2Cl)C1. The largest absolute Gasteiger partial charge is 0.323 e. The molecule has 0 saturated carbocycles. The van der Waals surface area contributed by atoms with Gasteiger partial charge in [-0.1, -0.05) is 23.7 Å². The van der Waals surface area contributed by atoms with Gasteiger partial charge in [-0.15, -0.1) is 0 Å². The summed E-state index contributed by atoms with van der Waals surface area (Å²) in [5.74, 6) is 0. The van der Waals surface area contributed by atoms with Crippen molar-refractivity contribution in [2.24, 2.45) is 0 Å². The van der Waals surface area contributed by atoms with E-state index in [1.54, 1.807) is 12.1 Å². The van der Waals surface area contributed by atoms with Crippen molar-refractivity contribution in [1.82, 2.24) is 10.2 Å². The summed E-state index contributed by atoms with van der Waals surface area (Å²) in [6.45, 7) is 1.54. The topological polar surface area (TPSA) is 44.4 Å². The number of nitrogens with zero attached hydrogens (tertiary/aromatic N) is 1. The summed E-state index contributed by atoms with van der Waals surface area (Å²) in [4.78, 5) is 13.9. The Hall–Kier alpha value is -1.26. The summed E-state index contributed by atoms with van der Waals surface area (Å²) >= 11 is 6.02. The number of rotatable bonds is 2. The van der Waals surface area contributed by atoms with Gasteiger partial charge in [0, 0.05) is 19.1 Å². The smallest absolute Gasteiger partial charge is 0.321 e. The quantitative estimate of drug-likeness (QED) is 0.865. The number of carbonyl (C=O) groups is 1. The van der Waals surface area contributed by atoms with E-state index in [-0.39, 0.29) is 6.03 Å². The van der Waals surface area contributed by atoms with Crippen LogP contribution in [0.15, 0.2) is 24.3 Å². The Morgan fingerprint density at radius 3 is 2.94 bits per heavy atom. The number of amides is 2. The first kappa shape index (κ1) is 13.2. The molecule has 98 valence electrons. The number of benzene rings is 1. The minimum absolute atomic E-state index is 0.0805. The van der Waals surface area contributed by atoms with Crippen molar-refractivity contribution in [3.8, 4) is 0 Å². The maximum Gasteiger partial charge on any atom is 0.321 e. The summed E-state index contributed by atoms with van der Waals surface area (Å²) in [6.07, 6.45) is 2.15. The van der Waals surface area contributed by atoms with Crippen LogP contribution in [0.5, 0.6) is 0 Å². The van der Waals surface area contributed by atoms with Crippen LogP contribution in [0.25, 0.3) is 0 Å². The van der Waals surface area contributed by atoms with E-state index in [0.717, 1.165) is 25.9 Å². The van der Waals surface area contributed by atoms with E-state index >= 15 is 0 Å². The first-order valence-electron chi connectivity index (χ1n) is 6.18. The molecule has 0 unspecified atom stereocenters. The minimum atomic E-state index is -0.0805. The van der Waals surface area contributed by atoms with E-state index in [4.69, 9.17) is 11.6 Å². The normalized spacial score (nSPS) is 19.7. The molecule has 4 nitrogen and oxygen atoms in total. The molecule has 1 saturated heterocycles. The fourth-order valence-corrected chi connectivity index (χ4v) is 2.34. The number of likely N-dealkylation sites (N-methyl/N-ethyl adjacent to an activating group) is 1. The molecular formula is C13H18ClN3O. The van der Waals surface area contributed by atoms with Gasteiger partial charge in [-0.25, -0.2) is 4.79 Å². The summed E-state index contributed by atoms with van der Waals surface area (Å²) in [6, 6.07) is 7.58. The number of nitrogens with one attached hydrogen (secondary N) is 2. The van der Waals surface area contributed by atoms with Crippen molar-refractivity contribution in [3.63, 3.8) is 0 Å². The summed E-state index contributed by atoms with van der Waals surface area (Å²) in [5, 5.41) is 6.63. The maximum atomic E-state index is 12.1. The van der Waals surface area contributed by atoms with E-state index < -0.39 is 0 Å². The number of para-hydroxylation sites is 1. The Balaban J connectivity index is 1.97. The Bertz CT molecular complexity index is 424. The van der Waals surface area contributed by atoms with Gasteiger partial charge in [-0.3, -0.25) is 0 Å². The highest BCUT2D eigenvalue weighted by molar-refractivity contribution is 6.33. The predicted octanol–water partition coefficient (Wildman–Crippen LogP) is 2.56. The van der Waals surface area contributed by atoms with Crippen LogP contribution in [0.3, 0.4) is 0 Å². The highest BCUT2D eigenvalue weighted by Crippen LogP contribution is 2.21. The van der Waals surface area contributed by atoms with Gasteiger partial charge < -0.3 is 15.5 Å². The second-order valence-corrected chi connectivity index (χ2v) is 4.89. The lowest BCUT2D eigenvalue weighted by atomic mass is 10.1. The molecule has 2 N–H and O–H groups in total. The Morgan fingerprint density at radius 1 is 1.44 bits per heavy atom. The molecule has 2 rings (SSSR count). The summed E-state index contributed by atoms with van der Waals surface area (Å²) in [5.41, 5.74) is 0.663. The maximum absolute atomic E-state index is 12.1. The zero-order chi connectivity index (χ0) is 13.0. The molecule has 1 aliphatic rings. The van der Waals surface area contributed by atoms with Crippen LogP contribution in [0, 0.1) is 0 Å². The van der Waals surface area contributed by atoms with Crippen LogP contribution in [-0.2, 0) is 0 Å². The van der Waals surface area contributed by atoms with E-state index in [1.165, 1.54) is 0 Å². The van der Waals surface area contributed by atoms with E-state index in [1.807, 2.05) is 24.1 Å². The fraction of sp³-hybridized carbons (Fsp3) is 0.462. The van der Waals surface area contributed by atoms with Gasteiger partial charge in [0.15, 0.2) is 0 Å². The molecule has 18 heavy (non-hydrogen) atoms. The Morgan fingerprint density at radius 2 is 2.22 bits per heavy atom. The highest BCUT2D eigenvalue weighted by atomic mass is 35.5. The molecule has 0 aliphatic carbocycles. The monoisotopic (exact) mass is 267 g/mol. The van der Waals surface area contributed by atoms with Crippen molar-refractivity contribution < 1.29 is 4.79 Å². The molecule has 1 aliphatic heterocycles. The van der Waals surface area contributed by atoms with E-state index in [9.17, 15) is 4.79 Å². The first-order chi connectivity index (χ1) is 8.70. The number of hydrogen-bond acceptors (Lipinski definition) is 2. The van der Waals surface area contributed by atoms with Crippen molar-refractivity contribution in [1.29, 1.82) is 0 Å². The number of piperidine rings is 1. The number of anilines is 1. The highest BCUT2D eigenvalue weighted by Gasteiger charge is 2.22. The summed E-state index contributed by atoms with van der Waals surface area (Å²) in [7, 11) is 1.93. The summed E-state index contributed by atoms with van der Waals surface area (Å²) < 4.78 is 0. The number of halogens is 1. The van der Waals surface area contributed by atoms with E-state index in [0.29, 0.717) is 16.8 Å². The minimum Gasteiger partial charge on any atom is -0.323 e. The molecule has 0 bridgehead atoms. The zero-order valence-corrected chi connectivity index (χ0v) is 11.2. The first-order valence-corrected chi connectivity index (χ1v) is 6.56. The van der Waals surface area contributed by atoms with Crippen LogP contribution >= 0.6 is 11.6 Å². The lowest BCUT2D eigenvalue weighted by Gasteiger charge is -2.32. The van der Waals surface area contributed by atoms with Gasteiger partial charge in [0.2, 0.25) is 0 Å². The second-order valence-electron chi connectivity index (χ2n) is 4.48. The number of likely N-dealkylation sites (tertiary alicyclic amines) is 1. The number of urea groups is 1. The van der Waals surface area contributed by atoms with Crippen molar-refractivity contribution >= 4 is 23.3 Å². The molecular weight excluding hydrogens is 250 g/mol. The molecule has 1 fully saturated rings. The lowest BCUT2D eigenvalue weighted by Crippen LogP contribution is -2.48. The van der Waals surface area contributed by atoms with Crippen LogP contribution in [0.2, 0.25) is 5.02 Å². The number of hydrogen-bond donors (Lipinski definition) is 2. The third kappa shape index (κ3) is 3.15. The zero-order valence-electron chi connectivity index (χ0n) is 10.4. The van der Waals surface area contributed by atoms with Gasteiger partial charge in [0.05, 0.1) is 10.7 Å². The molecule has 2 amide bonds. The molecule has 1 aromatic rings. The average molecular weight is 268 g/mol. The molecule has 0 spiro atoms. The lowest BCUT2D eigenvalue weighted by molar-refractivity contribution is 0.187. The fourth-order valence-electron chi connectivity index (χ4n) is 2.15. The Labute approximate surface area is 112 Å². The van der Waals surface area contributed by atoms with Crippen LogP contribution in [0.4, 0.5) is 10.5 Å². The van der Waals surface area contributed by atoms with Gasteiger partial charge in [0.1, 0.15) is 0 Å². The van der Waals surface area contributed by atoms with Crippen LogP contribution in [0.1, 0.15) is 12.8 Å².